The Morgan fingerprint density at radius 2 is 1.96 bits per heavy atom. The Labute approximate surface area is 164 Å². The van der Waals surface area contributed by atoms with Crippen molar-refractivity contribution in [2.75, 3.05) is 0 Å². The second-order valence-corrected chi connectivity index (χ2v) is 8.54. The third-order valence-corrected chi connectivity index (χ3v) is 5.56. The van der Waals surface area contributed by atoms with Gasteiger partial charge in [0, 0.05) is 30.9 Å². The van der Waals surface area contributed by atoms with Crippen LogP contribution in [-0.4, -0.2) is 16.0 Å². The van der Waals surface area contributed by atoms with Gasteiger partial charge in [-0.25, -0.2) is 0 Å². The number of benzene rings is 1. The van der Waals surface area contributed by atoms with Gasteiger partial charge >= 0.3 is 0 Å². The van der Waals surface area contributed by atoms with Crippen molar-refractivity contribution in [1.29, 1.82) is 0 Å². The van der Waals surface area contributed by atoms with E-state index in [2.05, 4.69) is 10.3 Å². The van der Waals surface area contributed by atoms with Crippen LogP contribution in [0.5, 0.6) is 5.75 Å². The van der Waals surface area contributed by atoms with Crippen LogP contribution in [0.15, 0.2) is 36.5 Å². The molecule has 0 saturated heterocycles. The van der Waals surface area contributed by atoms with Gasteiger partial charge < -0.3 is 14.8 Å². The molecule has 27 heavy (non-hydrogen) atoms. The summed E-state index contributed by atoms with van der Waals surface area (Å²) < 4.78 is 11.8. The second kappa shape index (κ2) is 7.90. The Morgan fingerprint density at radius 1 is 1.26 bits per heavy atom. The highest BCUT2D eigenvalue weighted by Gasteiger charge is 2.32. The Hall–Kier alpha value is -2.05. The highest BCUT2D eigenvalue weighted by molar-refractivity contribution is 8.13. The maximum atomic E-state index is 12.5. The van der Waals surface area contributed by atoms with Crippen molar-refractivity contribution in [3.63, 3.8) is 0 Å². The van der Waals surface area contributed by atoms with Gasteiger partial charge in [-0.3, -0.25) is 9.78 Å². The lowest BCUT2D eigenvalue weighted by atomic mass is 10.0. The van der Waals surface area contributed by atoms with E-state index in [-0.39, 0.29) is 16.5 Å². The van der Waals surface area contributed by atoms with E-state index >= 15 is 0 Å². The van der Waals surface area contributed by atoms with Gasteiger partial charge in [-0.15, -0.1) is 0 Å². The van der Waals surface area contributed by atoms with E-state index in [4.69, 9.17) is 9.47 Å². The molecule has 0 saturated carbocycles. The smallest absolute Gasteiger partial charge is 0.280 e. The summed E-state index contributed by atoms with van der Waals surface area (Å²) >= 11 is 1.25. The first-order valence-corrected chi connectivity index (χ1v) is 9.98. The number of pyridine rings is 1. The molecule has 1 aliphatic heterocycles. The minimum absolute atomic E-state index is 0.0454. The summed E-state index contributed by atoms with van der Waals surface area (Å²) in [4.78, 5) is 17.0. The lowest BCUT2D eigenvalue weighted by Gasteiger charge is -2.34. The molecule has 144 valence electrons. The van der Waals surface area contributed by atoms with E-state index in [9.17, 15) is 4.79 Å². The van der Waals surface area contributed by atoms with Crippen molar-refractivity contribution in [1.82, 2.24) is 10.3 Å². The summed E-state index contributed by atoms with van der Waals surface area (Å²) in [7, 11) is 0. The molecule has 0 spiro atoms. The monoisotopic (exact) mass is 386 g/mol. The first-order chi connectivity index (χ1) is 12.8. The van der Waals surface area contributed by atoms with Crippen LogP contribution in [0.2, 0.25) is 0 Å². The zero-order valence-corrected chi connectivity index (χ0v) is 17.2. The van der Waals surface area contributed by atoms with Crippen LogP contribution >= 0.6 is 11.8 Å². The maximum Gasteiger partial charge on any atom is 0.280 e. The fraction of sp³-hybridized carbons (Fsp3) is 0.429. The first-order valence-electron chi connectivity index (χ1n) is 9.10. The summed E-state index contributed by atoms with van der Waals surface area (Å²) in [6, 6.07) is 9.88. The van der Waals surface area contributed by atoms with Crippen LogP contribution in [0.4, 0.5) is 4.79 Å². The highest BCUT2D eigenvalue weighted by atomic mass is 32.2. The van der Waals surface area contributed by atoms with E-state index in [0.717, 1.165) is 28.1 Å². The van der Waals surface area contributed by atoms with Crippen molar-refractivity contribution >= 4 is 17.0 Å². The van der Waals surface area contributed by atoms with Crippen LogP contribution in [0.3, 0.4) is 0 Å². The predicted molar refractivity (Wildman–Crippen MR) is 108 cm³/mol. The molecule has 0 unspecified atom stereocenters. The number of aryl methyl sites for hydroxylation is 1. The summed E-state index contributed by atoms with van der Waals surface area (Å²) in [5.41, 5.74) is 3.87. The lowest BCUT2D eigenvalue weighted by Crippen LogP contribution is -2.36. The lowest BCUT2D eigenvalue weighted by molar-refractivity contribution is -0.180. The SMILES string of the molecule is Cc1ncc([C@@H](C)SC(=O)N[C@@H](C)c2ccccc2)c2c1OC(C)(C)OC2. The Kier molecular flexibility index (Phi) is 5.77. The summed E-state index contributed by atoms with van der Waals surface area (Å²) in [5, 5.41) is 2.91. The number of hydrogen-bond acceptors (Lipinski definition) is 5. The van der Waals surface area contributed by atoms with Crippen molar-refractivity contribution in [2.24, 2.45) is 0 Å². The molecule has 5 nitrogen and oxygen atoms in total. The molecule has 1 aliphatic rings. The van der Waals surface area contributed by atoms with Gasteiger partial charge in [0.15, 0.2) is 0 Å². The number of carbonyl (C=O) groups excluding carboxylic acids is 1. The summed E-state index contributed by atoms with van der Waals surface area (Å²) in [5.74, 6) is 0.103. The number of thioether (sulfide) groups is 1. The topological polar surface area (TPSA) is 60.5 Å². The standard InChI is InChI=1S/C21H26N2O3S/c1-13(16-9-7-6-8-10-16)23-20(24)27-15(3)17-11-22-14(2)19-18(17)12-25-21(4,5)26-19/h6-11,13,15H,12H2,1-5H3,(H,23,24)/t13-,15+/m0/s1. The molecule has 6 heteroatoms. The van der Waals surface area contributed by atoms with E-state index in [0.29, 0.717) is 6.61 Å². The Bertz CT molecular complexity index is 824. The molecular formula is C21H26N2O3S. The molecule has 0 fully saturated rings. The largest absolute Gasteiger partial charge is 0.461 e. The molecule has 1 aromatic carbocycles. The Morgan fingerprint density at radius 3 is 2.67 bits per heavy atom. The molecule has 0 aliphatic carbocycles. The number of carbonyl (C=O) groups is 1. The van der Waals surface area contributed by atoms with Crippen LogP contribution in [0.1, 0.15) is 61.4 Å². The van der Waals surface area contributed by atoms with Gasteiger partial charge in [0.05, 0.1) is 18.3 Å². The molecule has 2 aromatic rings. The van der Waals surface area contributed by atoms with Crippen LogP contribution in [-0.2, 0) is 11.3 Å². The van der Waals surface area contributed by atoms with E-state index in [1.165, 1.54) is 11.8 Å². The molecule has 0 bridgehead atoms. The van der Waals surface area contributed by atoms with Gasteiger partial charge in [-0.1, -0.05) is 42.1 Å². The van der Waals surface area contributed by atoms with Gasteiger partial charge in [0.1, 0.15) is 5.75 Å². The number of ether oxygens (including phenoxy) is 2. The van der Waals surface area contributed by atoms with Crippen LogP contribution in [0, 0.1) is 6.92 Å². The molecule has 3 rings (SSSR count). The quantitative estimate of drug-likeness (QED) is 0.772. The van der Waals surface area contributed by atoms with Gasteiger partial charge in [-0.05, 0) is 31.9 Å². The fourth-order valence-electron chi connectivity index (χ4n) is 3.07. The normalized spacial score (nSPS) is 17.4. The number of aromatic nitrogens is 1. The number of amides is 1. The van der Waals surface area contributed by atoms with Crippen molar-refractivity contribution in [3.05, 3.63) is 58.9 Å². The zero-order valence-electron chi connectivity index (χ0n) is 16.4. The average Bonchev–Trinajstić information content (AvgIpc) is 2.62. The maximum absolute atomic E-state index is 12.5. The van der Waals surface area contributed by atoms with Crippen molar-refractivity contribution in [3.8, 4) is 5.75 Å². The second-order valence-electron chi connectivity index (χ2n) is 7.22. The van der Waals surface area contributed by atoms with E-state index in [1.807, 2.05) is 71.1 Å². The van der Waals surface area contributed by atoms with Crippen LogP contribution in [0.25, 0.3) is 0 Å². The van der Waals surface area contributed by atoms with Gasteiger partial charge in [-0.2, -0.15) is 0 Å². The molecule has 2 atom stereocenters. The minimum atomic E-state index is -0.670. The first kappa shape index (κ1) is 19.7. The van der Waals surface area contributed by atoms with Crippen molar-refractivity contribution in [2.45, 2.75) is 58.3 Å². The van der Waals surface area contributed by atoms with Gasteiger partial charge in [0.25, 0.3) is 5.24 Å². The molecule has 1 amide bonds. The number of rotatable bonds is 4. The number of fused-ring (bicyclic) bond motifs is 1. The Balaban J connectivity index is 1.71. The van der Waals surface area contributed by atoms with Crippen LogP contribution < -0.4 is 10.1 Å². The summed E-state index contributed by atoms with van der Waals surface area (Å²) in [6.07, 6.45) is 1.82. The predicted octanol–water partition coefficient (Wildman–Crippen LogP) is 5.30. The van der Waals surface area contributed by atoms with E-state index < -0.39 is 5.79 Å². The minimum Gasteiger partial charge on any atom is -0.461 e. The molecular weight excluding hydrogens is 360 g/mol. The number of hydrogen-bond donors (Lipinski definition) is 1. The van der Waals surface area contributed by atoms with Crippen molar-refractivity contribution < 1.29 is 14.3 Å². The van der Waals surface area contributed by atoms with Gasteiger partial charge in [0.2, 0.25) is 5.79 Å². The molecule has 0 radical (unpaired) electrons. The number of nitrogens with zero attached hydrogens (tertiary/aromatic N) is 1. The van der Waals surface area contributed by atoms with E-state index in [1.54, 1.807) is 0 Å². The highest BCUT2D eigenvalue weighted by Crippen LogP contribution is 2.40. The fourth-order valence-corrected chi connectivity index (χ4v) is 3.96. The molecule has 1 aromatic heterocycles. The number of nitrogens with one attached hydrogen (secondary N) is 1. The molecule has 1 N–H and O–H groups in total. The summed E-state index contributed by atoms with van der Waals surface area (Å²) in [6.45, 7) is 10.1. The zero-order chi connectivity index (χ0) is 19.6. The molecule has 2 heterocycles. The third-order valence-electron chi connectivity index (χ3n) is 4.62. The average molecular weight is 387 g/mol. The third kappa shape index (κ3) is 4.62.